The first-order valence-corrected chi connectivity index (χ1v) is 6.08. The van der Waals surface area contributed by atoms with Crippen molar-refractivity contribution in [3.05, 3.63) is 34.6 Å². The van der Waals surface area contributed by atoms with E-state index in [2.05, 4.69) is 10.1 Å². The number of amides is 1. The molecule has 1 aromatic rings. The lowest BCUT2D eigenvalue weighted by atomic mass is 10.0. The van der Waals surface area contributed by atoms with E-state index in [-0.39, 0.29) is 16.5 Å². The van der Waals surface area contributed by atoms with Crippen molar-refractivity contribution in [1.82, 2.24) is 5.32 Å². The Morgan fingerprint density at radius 1 is 1.37 bits per heavy atom. The Morgan fingerprint density at radius 2 is 2.00 bits per heavy atom. The van der Waals surface area contributed by atoms with Crippen molar-refractivity contribution in [2.24, 2.45) is 5.92 Å². The molecule has 19 heavy (non-hydrogen) atoms. The van der Waals surface area contributed by atoms with E-state index in [1.807, 2.05) is 0 Å². The van der Waals surface area contributed by atoms with Gasteiger partial charge in [-0.15, -0.1) is 0 Å². The maximum Gasteiger partial charge on any atom is 0.328 e. The van der Waals surface area contributed by atoms with Gasteiger partial charge in [0.25, 0.3) is 5.91 Å². The van der Waals surface area contributed by atoms with Gasteiger partial charge in [0.05, 0.1) is 17.7 Å². The van der Waals surface area contributed by atoms with Gasteiger partial charge >= 0.3 is 5.97 Å². The van der Waals surface area contributed by atoms with Crippen molar-refractivity contribution in [1.29, 1.82) is 0 Å². The molecule has 0 aliphatic heterocycles. The summed E-state index contributed by atoms with van der Waals surface area (Å²) in [6.07, 6.45) is 0. The molecule has 0 aliphatic rings. The van der Waals surface area contributed by atoms with Crippen LogP contribution in [0.2, 0.25) is 5.02 Å². The van der Waals surface area contributed by atoms with E-state index in [1.165, 1.54) is 13.2 Å². The van der Waals surface area contributed by atoms with E-state index in [9.17, 15) is 14.0 Å². The first-order chi connectivity index (χ1) is 8.86. The SMILES string of the molecule is COC(=O)C(NC(=O)c1ccc(F)cc1Cl)C(C)C. The Hall–Kier alpha value is -1.62. The average molecular weight is 288 g/mol. The predicted octanol–water partition coefficient (Wildman–Crippen LogP) is 2.41. The first kappa shape index (κ1) is 15.4. The molecule has 0 saturated carbocycles. The molecule has 0 bridgehead atoms. The molecule has 104 valence electrons. The standard InChI is InChI=1S/C13H15ClFNO3/c1-7(2)11(13(18)19-3)16-12(17)9-5-4-8(15)6-10(9)14/h4-7,11H,1-3H3,(H,16,17). The zero-order valence-electron chi connectivity index (χ0n) is 10.9. The molecule has 1 unspecified atom stereocenters. The minimum absolute atomic E-state index is 0.00938. The highest BCUT2D eigenvalue weighted by Gasteiger charge is 2.26. The van der Waals surface area contributed by atoms with E-state index in [0.29, 0.717) is 0 Å². The molecule has 0 radical (unpaired) electrons. The second kappa shape index (κ2) is 6.52. The van der Waals surface area contributed by atoms with Crippen LogP contribution in [0.3, 0.4) is 0 Å². The average Bonchev–Trinajstić information content (AvgIpc) is 2.34. The molecule has 0 aromatic heterocycles. The van der Waals surface area contributed by atoms with Crippen LogP contribution in [0.4, 0.5) is 4.39 Å². The molecule has 1 atom stereocenters. The zero-order chi connectivity index (χ0) is 14.6. The summed E-state index contributed by atoms with van der Waals surface area (Å²) < 4.78 is 17.5. The van der Waals surface area contributed by atoms with Gasteiger partial charge in [0.15, 0.2) is 0 Å². The number of esters is 1. The van der Waals surface area contributed by atoms with Crippen molar-refractivity contribution in [3.63, 3.8) is 0 Å². The van der Waals surface area contributed by atoms with E-state index in [1.54, 1.807) is 13.8 Å². The molecule has 1 amide bonds. The lowest BCUT2D eigenvalue weighted by Crippen LogP contribution is -2.45. The van der Waals surface area contributed by atoms with Crippen LogP contribution in [0.15, 0.2) is 18.2 Å². The molecule has 0 spiro atoms. The van der Waals surface area contributed by atoms with Crippen LogP contribution in [-0.4, -0.2) is 25.0 Å². The van der Waals surface area contributed by atoms with Gasteiger partial charge in [0.2, 0.25) is 0 Å². The van der Waals surface area contributed by atoms with E-state index in [0.717, 1.165) is 12.1 Å². The fraction of sp³-hybridized carbons (Fsp3) is 0.385. The van der Waals surface area contributed by atoms with Crippen LogP contribution in [0, 0.1) is 11.7 Å². The summed E-state index contributed by atoms with van der Waals surface area (Å²) in [6, 6.07) is 2.66. The Kier molecular flexibility index (Phi) is 5.30. The minimum atomic E-state index is -0.779. The normalized spacial score (nSPS) is 12.1. The number of rotatable bonds is 4. The second-order valence-electron chi connectivity index (χ2n) is 4.34. The van der Waals surface area contributed by atoms with Crippen LogP contribution in [0.25, 0.3) is 0 Å². The summed E-state index contributed by atoms with van der Waals surface area (Å²) in [7, 11) is 1.24. The molecule has 1 aromatic carbocycles. The third-order valence-electron chi connectivity index (χ3n) is 2.58. The summed E-state index contributed by atoms with van der Waals surface area (Å²) in [5.74, 6) is -1.76. The smallest absolute Gasteiger partial charge is 0.328 e. The maximum atomic E-state index is 12.9. The van der Waals surface area contributed by atoms with Crippen molar-refractivity contribution in [2.45, 2.75) is 19.9 Å². The summed E-state index contributed by atoms with van der Waals surface area (Å²) in [6.45, 7) is 3.54. The van der Waals surface area contributed by atoms with Gasteiger partial charge in [-0.3, -0.25) is 4.79 Å². The van der Waals surface area contributed by atoms with Gasteiger partial charge in [-0.05, 0) is 24.1 Å². The molecular weight excluding hydrogens is 273 g/mol. The summed E-state index contributed by atoms with van der Waals surface area (Å²) in [5.41, 5.74) is 0.109. The Labute approximate surface area is 115 Å². The van der Waals surface area contributed by atoms with E-state index >= 15 is 0 Å². The number of ether oxygens (including phenoxy) is 1. The highest BCUT2D eigenvalue weighted by molar-refractivity contribution is 6.33. The lowest BCUT2D eigenvalue weighted by molar-refractivity contribution is -0.144. The number of halogens is 2. The van der Waals surface area contributed by atoms with Crippen LogP contribution in [-0.2, 0) is 9.53 Å². The fourth-order valence-electron chi connectivity index (χ4n) is 1.52. The molecule has 0 heterocycles. The Morgan fingerprint density at radius 3 is 2.47 bits per heavy atom. The monoisotopic (exact) mass is 287 g/mol. The van der Waals surface area contributed by atoms with Crippen LogP contribution in [0.5, 0.6) is 0 Å². The van der Waals surface area contributed by atoms with Crippen LogP contribution < -0.4 is 5.32 Å². The predicted molar refractivity (Wildman–Crippen MR) is 69.5 cm³/mol. The highest BCUT2D eigenvalue weighted by atomic mass is 35.5. The zero-order valence-corrected chi connectivity index (χ0v) is 11.6. The third kappa shape index (κ3) is 3.92. The Bertz CT molecular complexity index is 491. The Balaban J connectivity index is 2.91. The van der Waals surface area contributed by atoms with Crippen LogP contribution >= 0.6 is 11.6 Å². The largest absolute Gasteiger partial charge is 0.467 e. The molecule has 0 fully saturated rings. The van der Waals surface area contributed by atoms with E-state index < -0.39 is 23.7 Å². The van der Waals surface area contributed by atoms with Gasteiger partial charge in [-0.1, -0.05) is 25.4 Å². The molecule has 0 saturated heterocycles. The van der Waals surface area contributed by atoms with Crippen molar-refractivity contribution in [2.75, 3.05) is 7.11 Å². The molecule has 1 rings (SSSR count). The molecule has 1 N–H and O–H groups in total. The number of carbonyl (C=O) groups excluding carboxylic acids is 2. The quantitative estimate of drug-likeness (QED) is 0.865. The maximum absolute atomic E-state index is 12.9. The number of carbonyl (C=O) groups is 2. The van der Waals surface area contributed by atoms with E-state index in [4.69, 9.17) is 11.6 Å². The summed E-state index contributed by atoms with van der Waals surface area (Å²) in [5, 5.41) is 2.51. The topological polar surface area (TPSA) is 55.4 Å². The van der Waals surface area contributed by atoms with Crippen molar-refractivity contribution >= 4 is 23.5 Å². The van der Waals surface area contributed by atoms with Crippen molar-refractivity contribution in [3.8, 4) is 0 Å². The number of hydrogen-bond donors (Lipinski definition) is 1. The molecular formula is C13H15ClFNO3. The summed E-state index contributed by atoms with van der Waals surface area (Å²) in [4.78, 5) is 23.5. The minimum Gasteiger partial charge on any atom is -0.467 e. The first-order valence-electron chi connectivity index (χ1n) is 5.70. The van der Waals surface area contributed by atoms with Gasteiger partial charge in [0.1, 0.15) is 11.9 Å². The number of methoxy groups -OCH3 is 1. The molecule has 4 nitrogen and oxygen atoms in total. The third-order valence-corrected chi connectivity index (χ3v) is 2.90. The number of benzene rings is 1. The highest BCUT2D eigenvalue weighted by Crippen LogP contribution is 2.17. The molecule has 6 heteroatoms. The number of hydrogen-bond acceptors (Lipinski definition) is 3. The molecule has 0 aliphatic carbocycles. The van der Waals surface area contributed by atoms with Gasteiger partial charge < -0.3 is 10.1 Å². The number of nitrogens with one attached hydrogen (secondary N) is 1. The van der Waals surface area contributed by atoms with Gasteiger partial charge in [-0.2, -0.15) is 0 Å². The van der Waals surface area contributed by atoms with Gasteiger partial charge in [-0.25, -0.2) is 9.18 Å². The van der Waals surface area contributed by atoms with Gasteiger partial charge in [0, 0.05) is 0 Å². The fourth-order valence-corrected chi connectivity index (χ4v) is 1.77. The lowest BCUT2D eigenvalue weighted by Gasteiger charge is -2.20. The summed E-state index contributed by atoms with van der Waals surface area (Å²) >= 11 is 5.78. The van der Waals surface area contributed by atoms with Crippen LogP contribution in [0.1, 0.15) is 24.2 Å². The second-order valence-corrected chi connectivity index (χ2v) is 4.75. The van der Waals surface area contributed by atoms with Crippen molar-refractivity contribution < 1.29 is 18.7 Å².